The van der Waals surface area contributed by atoms with Gasteiger partial charge in [0.1, 0.15) is 0 Å². The summed E-state index contributed by atoms with van der Waals surface area (Å²) in [6, 6.07) is 0. The monoisotopic (exact) mass is 222 g/mol. The summed E-state index contributed by atoms with van der Waals surface area (Å²) in [5, 5.41) is 0. The molecule has 0 amide bonds. The Morgan fingerprint density at radius 1 is 1.50 bits per heavy atom. The van der Waals surface area contributed by atoms with Crippen LogP contribution in [0.2, 0.25) is 0 Å². The van der Waals surface area contributed by atoms with E-state index in [1.165, 1.54) is 36.5 Å². The zero-order chi connectivity index (χ0) is 12.1. The van der Waals surface area contributed by atoms with Gasteiger partial charge in [-0.25, -0.2) is 0 Å². The van der Waals surface area contributed by atoms with E-state index in [-0.39, 0.29) is 5.97 Å². The van der Waals surface area contributed by atoms with E-state index < -0.39 is 0 Å². The molecule has 0 aromatic heterocycles. The number of hydrogen-bond acceptors (Lipinski definition) is 2. The lowest BCUT2D eigenvalue weighted by Crippen LogP contribution is -2.04. The number of hydrogen-bond donors (Lipinski definition) is 0. The Bertz CT molecular complexity index is 313. The van der Waals surface area contributed by atoms with Crippen molar-refractivity contribution < 1.29 is 9.53 Å². The highest BCUT2D eigenvalue weighted by molar-refractivity contribution is 5.65. The molecular formula is C14H22O2. The molecule has 0 saturated carbocycles. The van der Waals surface area contributed by atoms with Gasteiger partial charge in [0, 0.05) is 12.8 Å². The van der Waals surface area contributed by atoms with Crippen LogP contribution >= 0.6 is 0 Å². The van der Waals surface area contributed by atoms with E-state index >= 15 is 0 Å². The van der Waals surface area contributed by atoms with Crippen LogP contribution in [0.5, 0.6) is 0 Å². The Kier molecular flexibility index (Phi) is 4.78. The molecule has 0 aliphatic heterocycles. The maximum absolute atomic E-state index is 10.6. The first-order chi connectivity index (χ1) is 7.52. The van der Waals surface area contributed by atoms with Gasteiger partial charge >= 0.3 is 5.97 Å². The second-order valence-electron chi connectivity index (χ2n) is 4.69. The van der Waals surface area contributed by atoms with Gasteiger partial charge in [0.05, 0.1) is 6.61 Å². The summed E-state index contributed by atoms with van der Waals surface area (Å²) in [5.41, 5.74) is 4.30. The Balaban J connectivity index is 2.42. The van der Waals surface area contributed by atoms with Gasteiger partial charge in [-0.1, -0.05) is 23.3 Å². The minimum atomic E-state index is -0.187. The molecule has 0 saturated heterocycles. The lowest BCUT2D eigenvalue weighted by atomic mass is 9.91. The Morgan fingerprint density at radius 2 is 2.19 bits per heavy atom. The number of esters is 1. The molecule has 0 bridgehead atoms. The molecule has 90 valence electrons. The molecule has 1 atom stereocenters. The Morgan fingerprint density at radius 3 is 2.75 bits per heavy atom. The maximum atomic E-state index is 10.6. The molecule has 2 nitrogen and oxygen atoms in total. The minimum Gasteiger partial charge on any atom is -0.466 e. The van der Waals surface area contributed by atoms with E-state index in [4.69, 9.17) is 4.74 Å². The normalized spacial score (nSPS) is 20.1. The molecule has 0 aromatic rings. The molecule has 1 aliphatic rings. The molecular weight excluding hydrogens is 200 g/mol. The smallest absolute Gasteiger partial charge is 0.302 e. The van der Waals surface area contributed by atoms with E-state index in [2.05, 4.69) is 20.4 Å². The molecule has 0 heterocycles. The van der Waals surface area contributed by atoms with Crippen LogP contribution in [0.4, 0.5) is 0 Å². The standard InChI is InChI=1S/C14H22O2/c1-10(2)13-8-7-11(3)14(13)6-5-9-16-12(4)15/h13H,1,5-9H2,2-4H3. The fourth-order valence-corrected chi connectivity index (χ4v) is 2.40. The Labute approximate surface area is 98.4 Å². The molecule has 16 heavy (non-hydrogen) atoms. The first-order valence-corrected chi connectivity index (χ1v) is 5.99. The molecule has 0 spiro atoms. The summed E-state index contributed by atoms with van der Waals surface area (Å²) >= 11 is 0. The van der Waals surface area contributed by atoms with Crippen LogP contribution in [0.15, 0.2) is 23.3 Å². The van der Waals surface area contributed by atoms with E-state index in [0.29, 0.717) is 12.5 Å². The summed E-state index contributed by atoms with van der Waals surface area (Å²) in [7, 11) is 0. The quantitative estimate of drug-likeness (QED) is 0.403. The highest BCUT2D eigenvalue weighted by atomic mass is 16.5. The molecule has 0 aromatic carbocycles. The highest BCUT2D eigenvalue weighted by Gasteiger charge is 2.22. The van der Waals surface area contributed by atoms with Gasteiger partial charge in [-0.15, -0.1) is 0 Å². The van der Waals surface area contributed by atoms with E-state index in [0.717, 1.165) is 12.8 Å². The highest BCUT2D eigenvalue weighted by Crippen LogP contribution is 2.38. The SMILES string of the molecule is C=C(C)C1CCC(C)=C1CCCOC(C)=O. The number of ether oxygens (including phenoxy) is 1. The van der Waals surface area contributed by atoms with Crippen molar-refractivity contribution in [1.29, 1.82) is 0 Å². The first-order valence-electron chi connectivity index (χ1n) is 5.99. The van der Waals surface area contributed by atoms with Crippen LogP contribution in [0.3, 0.4) is 0 Å². The van der Waals surface area contributed by atoms with Crippen molar-refractivity contribution in [2.75, 3.05) is 6.61 Å². The van der Waals surface area contributed by atoms with Gasteiger partial charge in [-0.05, 0) is 39.5 Å². The number of allylic oxidation sites excluding steroid dienone is 3. The third-order valence-corrected chi connectivity index (χ3v) is 3.27. The summed E-state index contributed by atoms with van der Waals surface area (Å²) < 4.78 is 4.95. The average molecular weight is 222 g/mol. The Hall–Kier alpha value is -1.05. The zero-order valence-corrected chi connectivity index (χ0v) is 10.6. The van der Waals surface area contributed by atoms with Crippen molar-refractivity contribution in [2.45, 2.75) is 46.5 Å². The van der Waals surface area contributed by atoms with Crippen LogP contribution in [-0.2, 0) is 9.53 Å². The second-order valence-corrected chi connectivity index (χ2v) is 4.69. The minimum absolute atomic E-state index is 0.187. The van der Waals surface area contributed by atoms with Crippen LogP contribution in [0, 0.1) is 5.92 Å². The third-order valence-electron chi connectivity index (χ3n) is 3.27. The first kappa shape index (κ1) is 13.0. The van der Waals surface area contributed by atoms with Gasteiger partial charge in [0.25, 0.3) is 0 Å². The van der Waals surface area contributed by atoms with Crippen LogP contribution in [-0.4, -0.2) is 12.6 Å². The van der Waals surface area contributed by atoms with Gasteiger partial charge in [-0.3, -0.25) is 4.79 Å². The van der Waals surface area contributed by atoms with E-state index in [1.807, 2.05) is 0 Å². The van der Waals surface area contributed by atoms with Crippen molar-refractivity contribution >= 4 is 5.97 Å². The number of rotatable bonds is 5. The largest absolute Gasteiger partial charge is 0.466 e. The molecule has 0 fully saturated rings. The van der Waals surface area contributed by atoms with E-state index in [1.54, 1.807) is 0 Å². The van der Waals surface area contributed by atoms with Crippen LogP contribution in [0.1, 0.15) is 46.5 Å². The molecule has 1 unspecified atom stereocenters. The molecule has 1 aliphatic carbocycles. The fraction of sp³-hybridized carbons (Fsp3) is 0.643. The van der Waals surface area contributed by atoms with Gasteiger partial charge < -0.3 is 4.74 Å². The molecule has 1 rings (SSSR count). The summed E-state index contributed by atoms with van der Waals surface area (Å²) in [4.78, 5) is 10.6. The summed E-state index contributed by atoms with van der Waals surface area (Å²) in [5.74, 6) is 0.380. The van der Waals surface area contributed by atoms with Crippen molar-refractivity contribution in [3.8, 4) is 0 Å². The molecule has 0 radical (unpaired) electrons. The number of carbonyl (C=O) groups excluding carboxylic acids is 1. The fourth-order valence-electron chi connectivity index (χ4n) is 2.40. The van der Waals surface area contributed by atoms with Gasteiger partial charge in [0.2, 0.25) is 0 Å². The third kappa shape index (κ3) is 3.51. The lowest BCUT2D eigenvalue weighted by molar-refractivity contribution is -0.141. The predicted molar refractivity (Wildman–Crippen MR) is 66.1 cm³/mol. The lowest BCUT2D eigenvalue weighted by Gasteiger charge is -2.15. The zero-order valence-electron chi connectivity index (χ0n) is 10.6. The predicted octanol–water partition coefficient (Wildman–Crippen LogP) is 3.63. The van der Waals surface area contributed by atoms with Gasteiger partial charge in [-0.2, -0.15) is 0 Å². The van der Waals surface area contributed by atoms with Crippen molar-refractivity contribution in [1.82, 2.24) is 0 Å². The van der Waals surface area contributed by atoms with Crippen molar-refractivity contribution in [2.24, 2.45) is 5.92 Å². The van der Waals surface area contributed by atoms with Crippen molar-refractivity contribution in [3.63, 3.8) is 0 Å². The van der Waals surface area contributed by atoms with Crippen LogP contribution < -0.4 is 0 Å². The summed E-state index contributed by atoms with van der Waals surface area (Å²) in [6.07, 6.45) is 4.37. The number of carbonyl (C=O) groups is 1. The average Bonchev–Trinajstić information content (AvgIpc) is 2.54. The van der Waals surface area contributed by atoms with Gasteiger partial charge in [0.15, 0.2) is 0 Å². The van der Waals surface area contributed by atoms with E-state index in [9.17, 15) is 4.79 Å². The second kappa shape index (κ2) is 5.88. The van der Waals surface area contributed by atoms with Crippen molar-refractivity contribution in [3.05, 3.63) is 23.3 Å². The van der Waals surface area contributed by atoms with Crippen LogP contribution in [0.25, 0.3) is 0 Å². The summed E-state index contributed by atoms with van der Waals surface area (Å²) in [6.45, 7) is 10.4. The molecule has 0 N–H and O–H groups in total. The maximum Gasteiger partial charge on any atom is 0.302 e. The molecule has 2 heteroatoms. The topological polar surface area (TPSA) is 26.3 Å².